The van der Waals surface area contributed by atoms with E-state index in [1.54, 1.807) is 0 Å². The molecule has 0 saturated carbocycles. The molecule has 1 aromatic heterocycles. The summed E-state index contributed by atoms with van der Waals surface area (Å²) in [4.78, 5) is 27.3. The Kier molecular flexibility index (Phi) is 5.28. The molecule has 2 aliphatic rings. The second kappa shape index (κ2) is 7.99. The number of imide groups is 1. The molecule has 2 amide bonds. The van der Waals surface area contributed by atoms with E-state index >= 15 is 0 Å². The first kappa shape index (κ1) is 17.8. The second-order valence-corrected chi connectivity index (χ2v) is 7.39. The fourth-order valence-electron chi connectivity index (χ4n) is 3.28. The number of cyclic esters (lactones) is 1. The van der Waals surface area contributed by atoms with Crippen LogP contribution in [-0.4, -0.2) is 63.7 Å². The van der Waals surface area contributed by atoms with E-state index in [1.165, 1.54) is 18.2 Å². The SMILES string of the molecule is O=C(CSc1nnc(N2CCCCC2)n1-c1ccccc1)N1CCOC1=O. The Morgan fingerprint density at radius 2 is 1.85 bits per heavy atom. The van der Waals surface area contributed by atoms with Gasteiger partial charge >= 0.3 is 6.09 Å². The highest BCUT2D eigenvalue weighted by Crippen LogP contribution is 2.28. The first-order chi connectivity index (χ1) is 13.2. The lowest BCUT2D eigenvalue weighted by atomic mass is 10.1. The maximum absolute atomic E-state index is 12.3. The van der Waals surface area contributed by atoms with Gasteiger partial charge in [-0.3, -0.25) is 9.36 Å². The lowest BCUT2D eigenvalue weighted by molar-refractivity contribution is -0.125. The summed E-state index contributed by atoms with van der Waals surface area (Å²) in [5.74, 6) is 0.640. The number of nitrogens with zero attached hydrogens (tertiary/aromatic N) is 5. The van der Waals surface area contributed by atoms with E-state index in [2.05, 4.69) is 15.1 Å². The number of piperidine rings is 1. The number of thioether (sulfide) groups is 1. The van der Waals surface area contributed by atoms with Gasteiger partial charge in [0.25, 0.3) is 0 Å². The Morgan fingerprint density at radius 3 is 2.56 bits per heavy atom. The molecule has 2 fully saturated rings. The third kappa shape index (κ3) is 3.78. The van der Waals surface area contributed by atoms with E-state index < -0.39 is 6.09 Å². The number of para-hydroxylation sites is 1. The van der Waals surface area contributed by atoms with Gasteiger partial charge in [-0.1, -0.05) is 30.0 Å². The van der Waals surface area contributed by atoms with Gasteiger partial charge in [0.2, 0.25) is 11.9 Å². The van der Waals surface area contributed by atoms with Gasteiger partial charge in [-0.2, -0.15) is 0 Å². The molecule has 2 aromatic rings. The Labute approximate surface area is 161 Å². The molecule has 4 rings (SSSR count). The molecule has 0 bridgehead atoms. The third-order valence-electron chi connectivity index (χ3n) is 4.66. The molecular weight excluding hydrogens is 366 g/mol. The lowest BCUT2D eigenvalue weighted by Gasteiger charge is -2.27. The number of anilines is 1. The molecule has 8 nitrogen and oxygen atoms in total. The van der Waals surface area contributed by atoms with Gasteiger partial charge in [0, 0.05) is 13.1 Å². The number of hydrogen-bond acceptors (Lipinski definition) is 7. The summed E-state index contributed by atoms with van der Waals surface area (Å²) in [6.45, 7) is 2.47. The second-order valence-electron chi connectivity index (χ2n) is 6.45. The molecule has 0 aliphatic carbocycles. The first-order valence-electron chi connectivity index (χ1n) is 9.10. The Balaban J connectivity index is 1.57. The van der Waals surface area contributed by atoms with Gasteiger partial charge < -0.3 is 9.64 Å². The van der Waals surface area contributed by atoms with Crippen molar-refractivity contribution in [1.29, 1.82) is 0 Å². The lowest BCUT2D eigenvalue weighted by Crippen LogP contribution is -2.33. The van der Waals surface area contributed by atoms with Crippen LogP contribution in [0, 0.1) is 0 Å². The van der Waals surface area contributed by atoms with Crippen LogP contribution in [0.15, 0.2) is 35.5 Å². The molecule has 9 heteroatoms. The number of hydrogen-bond donors (Lipinski definition) is 0. The fraction of sp³-hybridized carbons (Fsp3) is 0.444. The van der Waals surface area contributed by atoms with Gasteiger partial charge in [-0.25, -0.2) is 9.69 Å². The van der Waals surface area contributed by atoms with Crippen molar-refractivity contribution in [3.8, 4) is 5.69 Å². The van der Waals surface area contributed by atoms with Crippen molar-refractivity contribution in [3.63, 3.8) is 0 Å². The zero-order valence-electron chi connectivity index (χ0n) is 14.9. The summed E-state index contributed by atoms with van der Waals surface area (Å²) in [6, 6.07) is 9.90. The number of carbonyl (C=O) groups excluding carboxylic acids is 2. The summed E-state index contributed by atoms with van der Waals surface area (Å²) in [7, 11) is 0. The smallest absolute Gasteiger partial charge is 0.416 e. The Morgan fingerprint density at radius 1 is 1.07 bits per heavy atom. The van der Waals surface area contributed by atoms with Crippen LogP contribution >= 0.6 is 11.8 Å². The molecule has 2 saturated heterocycles. The minimum atomic E-state index is -0.570. The van der Waals surface area contributed by atoms with Crippen LogP contribution in [0.4, 0.5) is 10.7 Å². The summed E-state index contributed by atoms with van der Waals surface area (Å²) < 4.78 is 6.82. The average molecular weight is 387 g/mol. The van der Waals surface area contributed by atoms with Crippen molar-refractivity contribution >= 4 is 29.7 Å². The number of carbonyl (C=O) groups is 2. The maximum atomic E-state index is 12.3. The molecule has 0 atom stereocenters. The van der Waals surface area contributed by atoms with Crippen molar-refractivity contribution in [2.45, 2.75) is 24.4 Å². The van der Waals surface area contributed by atoms with Crippen molar-refractivity contribution in [3.05, 3.63) is 30.3 Å². The van der Waals surface area contributed by atoms with Gasteiger partial charge in [0.05, 0.1) is 18.0 Å². The van der Waals surface area contributed by atoms with Crippen molar-refractivity contribution in [2.75, 3.05) is 36.9 Å². The molecule has 0 N–H and O–H groups in total. The van der Waals surface area contributed by atoms with Crippen LogP contribution in [0.1, 0.15) is 19.3 Å². The highest BCUT2D eigenvalue weighted by Gasteiger charge is 2.29. The Bertz CT molecular complexity index is 820. The van der Waals surface area contributed by atoms with Crippen molar-refractivity contribution in [1.82, 2.24) is 19.7 Å². The van der Waals surface area contributed by atoms with Gasteiger partial charge in [0.1, 0.15) is 6.61 Å². The average Bonchev–Trinajstić information content (AvgIpc) is 3.33. The quantitative estimate of drug-likeness (QED) is 0.729. The minimum Gasteiger partial charge on any atom is -0.447 e. The maximum Gasteiger partial charge on any atom is 0.416 e. The number of amides is 2. The molecule has 0 unspecified atom stereocenters. The summed E-state index contributed by atoms with van der Waals surface area (Å²) in [5.41, 5.74) is 0.957. The zero-order valence-corrected chi connectivity index (χ0v) is 15.7. The van der Waals surface area contributed by atoms with Crippen LogP contribution in [0.25, 0.3) is 5.69 Å². The van der Waals surface area contributed by atoms with Gasteiger partial charge in [0.15, 0.2) is 5.16 Å². The largest absolute Gasteiger partial charge is 0.447 e. The van der Waals surface area contributed by atoms with Crippen molar-refractivity contribution < 1.29 is 14.3 Å². The number of rotatable bonds is 5. The predicted octanol–water partition coefficient (Wildman–Crippen LogP) is 2.33. The first-order valence-corrected chi connectivity index (χ1v) is 10.1. The van der Waals surface area contributed by atoms with Gasteiger partial charge in [-0.15, -0.1) is 10.2 Å². The van der Waals surface area contributed by atoms with Crippen LogP contribution in [-0.2, 0) is 9.53 Å². The fourth-order valence-corrected chi connectivity index (χ4v) is 4.10. The summed E-state index contributed by atoms with van der Waals surface area (Å²) in [5, 5.41) is 9.38. The number of benzene rings is 1. The van der Waals surface area contributed by atoms with E-state index in [0.29, 0.717) is 11.7 Å². The molecule has 0 radical (unpaired) electrons. The van der Waals surface area contributed by atoms with Crippen LogP contribution < -0.4 is 4.90 Å². The van der Waals surface area contributed by atoms with Crippen LogP contribution in [0.3, 0.4) is 0 Å². The molecule has 0 spiro atoms. The zero-order chi connectivity index (χ0) is 18.6. The molecular formula is C18H21N5O3S. The Hall–Kier alpha value is -2.55. The monoisotopic (exact) mass is 387 g/mol. The highest BCUT2D eigenvalue weighted by atomic mass is 32.2. The van der Waals surface area contributed by atoms with Crippen LogP contribution in [0.5, 0.6) is 0 Å². The van der Waals surface area contributed by atoms with E-state index in [-0.39, 0.29) is 18.3 Å². The summed E-state index contributed by atoms with van der Waals surface area (Å²) >= 11 is 1.29. The predicted molar refractivity (Wildman–Crippen MR) is 101 cm³/mol. The standard InChI is InChI=1S/C18H21N5O3S/c24-15(22-11-12-26-18(22)25)13-27-17-20-19-16(21-9-5-2-6-10-21)23(17)14-7-3-1-4-8-14/h1,3-4,7-8H,2,5-6,9-13H2. The van der Waals surface area contributed by atoms with Gasteiger partial charge in [-0.05, 0) is 31.4 Å². The highest BCUT2D eigenvalue weighted by molar-refractivity contribution is 7.99. The topological polar surface area (TPSA) is 80.6 Å². The number of ether oxygens (including phenoxy) is 1. The van der Waals surface area contributed by atoms with Crippen LogP contribution in [0.2, 0.25) is 0 Å². The molecule has 3 heterocycles. The van der Waals surface area contributed by atoms with E-state index in [9.17, 15) is 9.59 Å². The third-order valence-corrected chi connectivity index (χ3v) is 5.57. The molecule has 1 aromatic carbocycles. The van der Waals surface area contributed by atoms with E-state index in [1.807, 2.05) is 34.9 Å². The molecule has 142 valence electrons. The van der Waals surface area contributed by atoms with E-state index in [4.69, 9.17) is 4.74 Å². The molecule has 27 heavy (non-hydrogen) atoms. The summed E-state index contributed by atoms with van der Waals surface area (Å²) in [6.07, 6.45) is 2.94. The van der Waals surface area contributed by atoms with E-state index in [0.717, 1.165) is 42.5 Å². The normalized spacial score (nSPS) is 17.3. The minimum absolute atomic E-state index is 0.111. The van der Waals surface area contributed by atoms with Crippen molar-refractivity contribution in [2.24, 2.45) is 0 Å². The molecule has 2 aliphatic heterocycles. The number of aromatic nitrogens is 3.